The van der Waals surface area contributed by atoms with Gasteiger partial charge in [0.25, 0.3) is 5.91 Å². The van der Waals surface area contributed by atoms with Crippen LogP contribution in [0.2, 0.25) is 0 Å². The van der Waals surface area contributed by atoms with E-state index in [9.17, 15) is 27.6 Å². The van der Waals surface area contributed by atoms with E-state index < -0.39 is 12.1 Å². The molecule has 2 amide bonds. The molecule has 8 nitrogen and oxygen atoms in total. The summed E-state index contributed by atoms with van der Waals surface area (Å²) in [6.45, 7) is 4.23. The molecule has 1 saturated heterocycles. The summed E-state index contributed by atoms with van der Waals surface area (Å²) in [5.74, 6) is -2.70. The summed E-state index contributed by atoms with van der Waals surface area (Å²) >= 11 is 0. The van der Waals surface area contributed by atoms with Gasteiger partial charge in [-0.15, -0.1) is 0 Å². The Morgan fingerprint density at radius 1 is 0.843 bits per heavy atom. The number of hydrogen-bond donors (Lipinski definition) is 2. The van der Waals surface area contributed by atoms with E-state index in [4.69, 9.17) is 0 Å². The van der Waals surface area contributed by atoms with Gasteiger partial charge in [0.1, 0.15) is 5.75 Å². The zero-order chi connectivity index (χ0) is 35.8. The van der Waals surface area contributed by atoms with Crippen molar-refractivity contribution in [1.29, 1.82) is 0 Å². The normalized spacial score (nSPS) is 13.3. The van der Waals surface area contributed by atoms with Crippen LogP contribution in [-0.2, 0) is 29.0 Å². The number of likely N-dealkylation sites (tertiary alicyclic amines) is 1. The first kappa shape index (κ1) is 35.4. The predicted octanol–water partition coefficient (Wildman–Crippen LogP) is 6.94. The number of nitrogens with one attached hydrogen (secondary N) is 2. The van der Waals surface area contributed by atoms with Crippen molar-refractivity contribution >= 4 is 28.7 Å². The monoisotopic (exact) mass is 696 g/mol. The van der Waals surface area contributed by atoms with Crippen LogP contribution in [0.25, 0.3) is 22.0 Å². The Hall–Kier alpha value is -5.42. The maximum atomic E-state index is 13.9. The standard InChI is InChI=1S/C40H39F3N4O4/c41-40(42,43)39(50)51-34-15-13-28(14-16-34)17-21-47(37(48)25-33-26-45-36-12-2-1-11-35(33)36)27-29-7-5-8-30(23-29)31-9-6-10-32(24-31)38(49)44-18-22-46-19-3-4-20-46/h1-2,5-16,23-24,26,45H,3-4,17-22,25,27H2,(H,44,49). The van der Waals surface area contributed by atoms with Gasteiger partial charge in [0.05, 0.1) is 6.42 Å². The number of esters is 1. The molecule has 4 aromatic carbocycles. The summed E-state index contributed by atoms with van der Waals surface area (Å²) in [6, 6.07) is 28.9. The SMILES string of the molecule is O=C(NCCN1CCCC1)c1cccc(-c2cccc(CN(CCc3ccc(OC(=O)C(F)(F)F)cc3)C(=O)Cc3c[nH]c4ccccc34)c2)c1. The van der Waals surface area contributed by atoms with Gasteiger partial charge in [0, 0.05) is 48.8 Å². The van der Waals surface area contributed by atoms with Crippen LogP contribution in [0.5, 0.6) is 5.75 Å². The van der Waals surface area contributed by atoms with Gasteiger partial charge in [-0.3, -0.25) is 9.59 Å². The lowest BCUT2D eigenvalue weighted by molar-refractivity contribution is -0.189. The lowest BCUT2D eigenvalue weighted by Crippen LogP contribution is -2.33. The lowest BCUT2D eigenvalue weighted by atomic mass is 10.0. The number of nitrogens with zero attached hydrogens (tertiary/aromatic N) is 2. The fourth-order valence-electron chi connectivity index (χ4n) is 6.34. The van der Waals surface area contributed by atoms with Crippen molar-refractivity contribution in [3.05, 3.63) is 126 Å². The van der Waals surface area contributed by atoms with Gasteiger partial charge >= 0.3 is 12.1 Å². The number of carbonyl (C=O) groups excluding carboxylic acids is 3. The number of rotatable bonds is 13. The minimum atomic E-state index is -5.09. The number of benzene rings is 4. The molecule has 0 radical (unpaired) electrons. The molecule has 5 aromatic rings. The number of fused-ring (bicyclic) bond motifs is 1. The van der Waals surface area contributed by atoms with Crippen LogP contribution < -0.4 is 10.1 Å². The molecular weight excluding hydrogens is 657 g/mol. The van der Waals surface area contributed by atoms with Gasteiger partial charge in [-0.25, -0.2) is 4.79 Å². The van der Waals surface area contributed by atoms with Crippen molar-refractivity contribution in [2.24, 2.45) is 0 Å². The number of alkyl halides is 3. The molecule has 0 bridgehead atoms. The van der Waals surface area contributed by atoms with Crippen molar-refractivity contribution in [3.8, 4) is 16.9 Å². The topological polar surface area (TPSA) is 94.7 Å². The number of para-hydroxylation sites is 1. The molecule has 1 fully saturated rings. The van der Waals surface area contributed by atoms with Gasteiger partial charge < -0.3 is 24.8 Å². The maximum absolute atomic E-state index is 13.9. The first-order valence-corrected chi connectivity index (χ1v) is 17.0. The number of aromatic nitrogens is 1. The third-order valence-corrected chi connectivity index (χ3v) is 9.08. The lowest BCUT2D eigenvalue weighted by Gasteiger charge is -2.23. The van der Waals surface area contributed by atoms with Crippen LogP contribution in [-0.4, -0.2) is 71.5 Å². The highest BCUT2D eigenvalue weighted by molar-refractivity contribution is 5.95. The number of carbonyl (C=O) groups is 3. The maximum Gasteiger partial charge on any atom is 0.491 e. The molecule has 0 spiro atoms. The molecule has 1 aliphatic heterocycles. The van der Waals surface area contributed by atoms with Crippen LogP contribution in [0.3, 0.4) is 0 Å². The Morgan fingerprint density at radius 2 is 1.57 bits per heavy atom. The van der Waals surface area contributed by atoms with Gasteiger partial charge in [0.2, 0.25) is 5.91 Å². The average molecular weight is 697 g/mol. The van der Waals surface area contributed by atoms with Gasteiger partial charge in [-0.1, -0.05) is 60.7 Å². The molecule has 51 heavy (non-hydrogen) atoms. The molecule has 6 rings (SSSR count). The van der Waals surface area contributed by atoms with Crippen molar-refractivity contribution in [1.82, 2.24) is 20.1 Å². The molecule has 0 saturated carbocycles. The summed E-state index contributed by atoms with van der Waals surface area (Å²) in [6.07, 6.45) is -0.248. The minimum Gasteiger partial charge on any atom is -0.420 e. The zero-order valence-corrected chi connectivity index (χ0v) is 28.0. The summed E-state index contributed by atoms with van der Waals surface area (Å²) in [7, 11) is 0. The van der Waals surface area contributed by atoms with Crippen molar-refractivity contribution in [2.75, 3.05) is 32.7 Å². The summed E-state index contributed by atoms with van der Waals surface area (Å²) < 4.78 is 42.3. The largest absolute Gasteiger partial charge is 0.491 e. The number of aromatic amines is 1. The molecule has 2 N–H and O–H groups in total. The second kappa shape index (κ2) is 16.1. The highest BCUT2D eigenvalue weighted by atomic mass is 19.4. The zero-order valence-electron chi connectivity index (χ0n) is 28.0. The summed E-state index contributed by atoms with van der Waals surface area (Å²) in [4.78, 5) is 45.4. The number of H-pyrrole nitrogens is 1. The molecule has 0 atom stereocenters. The van der Waals surface area contributed by atoms with E-state index in [0.717, 1.165) is 58.4 Å². The second-order valence-electron chi connectivity index (χ2n) is 12.7. The van der Waals surface area contributed by atoms with Gasteiger partial charge in [0.15, 0.2) is 0 Å². The van der Waals surface area contributed by atoms with Crippen molar-refractivity contribution < 1.29 is 32.3 Å². The van der Waals surface area contributed by atoms with Crippen LogP contribution in [0.15, 0.2) is 103 Å². The first-order valence-electron chi connectivity index (χ1n) is 17.0. The van der Waals surface area contributed by atoms with Crippen LogP contribution in [0, 0.1) is 0 Å². The fourth-order valence-corrected chi connectivity index (χ4v) is 6.34. The minimum absolute atomic E-state index is 0.0894. The molecule has 264 valence electrons. The first-order chi connectivity index (χ1) is 24.6. The molecule has 1 aromatic heterocycles. The van der Waals surface area contributed by atoms with E-state index >= 15 is 0 Å². The van der Waals surface area contributed by atoms with Crippen LogP contribution in [0.4, 0.5) is 13.2 Å². The molecule has 0 unspecified atom stereocenters. The Morgan fingerprint density at radius 3 is 2.33 bits per heavy atom. The third kappa shape index (κ3) is 9.43. The Labute approximate surface area is 294 Å². The van der Waals surface area contributed by atoms with E-state index in [0.29, 0.717) is 31.6 Å². The van der Waals surface area contributed by atoms with Crippen LogP contribution >= 0.6 is 0 Å². The quantitative estimate of drug-likeness (QED) is 0.103. The Balaban J connectivity index is 1.16. The molecule has 1 aliphatic rings. The van der Waals surface area contributed by atoms with Crippen LogP contribution in [0.1, 0.15) is 39.9 Å². The van der Waals surface area contributed by atoms with E-state index in [1.54, 1.807) is 23.1 Å². The van der Waals surface area contributed by atoms with Gasteiger partial charge in [-0.2, -0.15) is 13.2 Å². The number of amides is 2. The number of ether oxygens (including phenoxy) is 1. The second-order valence-corrected chi connectivity index (χ2v) is 12.7. The third-order valence-electron chi connectivity index (χ3n) is 9.08. The summed E-state index contributed by atoms with van der Waals surface area (Å²) in [5, 5.41) is 4.00. The molecule has 2 heterocycles. The van der Waals surface area contributed by atoms with E-state index in [2.05, 4.69) is 19.9 Å². The summed E-state index contributed by atoms with van der Waals surface area (Å²) in [5.41, 5.74) is 5.84. The highest BCUT2D eigenvalue weighted by Crippen LogP contribution is 2.25. The van der Waals surface area contributed by atoms with E-state index in [1.807, 2.05) is 72.9 Å². The molecule has 0 aliphatic carbocycles. The molecular formula is C40H39F3N4O4. The predicted molar refractivity (Wildman–Crippen MR) is 189 cm³/mol. The smallest absolute Gasteiger partial charge is 0.420 e. The van der Waals surface area contributed by atoms with E-state index in [-0.39, 0.29) is 24.0 Å². The van der Waals surface area contributed by atoms with E-state index in [1.165, 1.54) is 25.0 Å². The highest BCUT2D eigenvalue weighted by Gasteiger charge is 2.41. The van der Waals surface area contributed by atoms with Crippen molar-refractivity contribution in [2.45, 2.75) is 38.4 Å². The average Bonchev–Trinajstić information content (AvgIpc) is 3.81. The number of halogens is 3. The molecule has 11 heteroatoms. The Kier molecular flexibility index (Phi) is 11.2. The Bertz CT molecular complexity index is 1980. The van der Waals surface area contributed by atoms with Gasteiger partial charge in [-0.05, 0) is 96.6 Å². The van der Waals surface area contributed by atoms with Crippen molar-refractivity contribution in [3.63, 3.8) is 0 Å². The number of hydrogen-bond acceptors (Lipinski definition) is 5. The fraction of sp³-hybridized carbons (Fsp3) is 0.275.